The SMILES string of the molecule is C#Cc1c(F)ccc2cccc(-c3nc4c5c(nc(OC[C@@]67CCCN6C[C@H](F)C7)nc5c3F)N3C[C@H]5CC[C@H](C5)[C@H]3C[C@H]4F)c12. The molecule has 10 heteroatoms. The van der Waals surface area contributed by atoms with Crippen LogP contribution in [-0.4, -0.2) is 63.8 Å². The van der Waals surface area contributed by atoms with Gasteiger partial charge in [-0.05, 0) is 61.9 Å². The number of ether oxygens (including phenoxy) is 1. The van der Waals surface area contributed by atoms with Gasteiger partial charge in [0, 0.05) is 42.9 Å². The molecule has 0 radical (unpaired) electrons. The molecule has 1 saturated carbocycles. The fourth-order valence-electron chi connectivity index (χ4n) is 9.36. The summed E-state index contributed by atoms with van der Waals surface area (Å²) in [5.74, 6) is 2.22. The fraction of sp³-hybridized carbons (Fsp3) is 0.472. The number of pyridine rings is 1. The first kappa shape index (κ1) is 28.3. The lowest BCUT2D eigenvalue weighted by Gasteiger charge is -2.40. The maximum atomic E-state index is 17.0. The Labute approximate surface area is 264 Å². The monoisotopic (exact) mass is 627 g/mol. The molecule has 0 spiro atoms. The van der Waals surface area contributed by atoms with Crippen molar-refractivity contribution < 1.29 is 22.3 Å². The van der Waals surface area contributed by atoms with Gasteiger partial charge in [0.05, 0.1) is 22.2 Å². The molecule has 6 heterocycles. The number of hydrogen-bond acceptors (Lipinski definition) is 6. The fourth-order valence-corrected chi connectivity index (χ4v) is 9.36. The molecule has 0 amide bonds. The largest absolute Gasteiger partial charge is 0.461 e. The number of aromatic nitrogens is 3. The molecule has 236 valence electrons. The number of fused-ring (bicyclic) bond motifs is 7. The van der Waals surface area contributed by atoms with Crippen LogP contribution in [0.5, 0.6) is 6.01 Å². The van der Waals surface area contributed by atoms with Gasteiger partial charge in [0.2, 0.25) is 0 Å². The highest BCUT2D eigenvalue weighted by atomic mass is 19.1. The van der Waals surface area contributed by atoms with Crippen molar-refractivity contribution in [1.29, 1.82) is 0 Å². The zero-order valence-corrected chi connectivity index (χ0v) is 25.3. The van der Waals surface area contributed by atoms with Gasteiger partial charge in [-0.25, -0.2) is 22.5 Å². The first-order valence-corrected chi connectivity index (χ1v) is 16.4. The van der Waals surface area contributed by atoms with Crippen LogP contribution in [0.15, 0.2) is 30.3 Å². The number of halogens is 4. The van der Waals surface area contributed by atoms with Crippen molar-refractivity contribution in [3.8, 4) is 29.6 Å². The summed E-state index contributed by atoms with van der Waals surface area (Å²) in [6.45, 7) is 2.06. The zero-order valence-electron chi connectivity index (χ0n) is 25.3. The number of alkyl halides is 2. The van der Waals surface area contributed by atoms with Gasteiger partial charge in [-0.3, -0.25) is 4.90 Å². The van der Waals surface area contributed by atoms with E-state index in [-0.39, 0.29) is 58.5 Å². The number of hydrogen-bond donors (Lipinski definition) is 0. The Morgan fingerprint density at radius 2 is 1.91 bits per heavy atom. The van der Waals surface area contributed by atoms with Crippen molar-refractivity contribution >= 4 is 27.5 Å². The molecule has 0 unspecified atom stereocenters. The molecule has 4 fully saturated rings. The third kappa shape index (κ3) is 4.09. The predicted octanol–water partition coefficient (Wildman–Crippen LogP) is 7.08. The van der Waals surface area contributed by atoms with Gasteiger partial charge < -0.3 is 9.64 Å². The molecule has 4 aromatic rings. The molecule has 0 N–H and O–H groups in total. The minimum atomic E-state index is -1.49. The maximum Gasteiger partial charge on any atom is 0.319 e. The van der Waals surface area contributed by atoms with E-state index in [9.17, 15) is 8.78 Å². The second-order valence-electron chi connectivity index (χ2n) is 13.9. The highest BCUT2D eigenvalue weighted by Gasteiger charge is 2.50. The van der Waals surface area contributed by atoms with Crippen molar-refractivity contribution in [1.82, 2.24) is 19.9 Å². The summed E-state index contributed by atoms with van der Waals surface area (Å²) in [6, 6.07) is 7.83. The molecule has 5 aliphatic rings. The van der Waals surface area contributed by atoms with Gasteiger partial charge in [-0.2, -0.15) is 9.97 Å². The second-order valence-corrected chi connectivity index (χ2v) is 13.9. The maximum absolute atomic E-state index is 17.0. The number of benzene rings is 2. The smallest absolute Gasteiger partial charge is 0.319 e. The van der Waals surface area contributed by atoms with E-state index >= 15 is 8.78 Å². The zero-order chi connectivity index (χ0) is 31.3. The summed E-state index contributed by atoms with van der Waals surface area (Å²) in [5.41, 5.74) is -0.365. The van der Waals surface area contributed by atoms with Crippen molar-refractivity contribution in [3.63, 3.8) is 0 Å². The Morgan fingerprint density at radius 3 is 2.78 bits per heavy atom. The van der Waals surface area contributed by atoms with Crippen molar-refractivity contribution in [2.75, 3.05) is 31.1 Å². The molecule has 2 bridgehead atoms. The Morgan fingerprint density at radius 1 is 1.02 bits per heavy atom. The molecule has 2 aromatic heterocycles. The van der Waals surface area contributed by atoms with Crippen molar-refractivity contribution in [2.45, 2.75) is 68.9 Å². The number of anilines is 1. The third-order valence-corrected chi connectivity index (χ3v) is 11.4. The van der Waals surface area contributed by atoms with Crippen LogP contribution in [0, 0.1) is 35.8 Å². The van der Waals surface area contributed by atoms with Gasteiger partial charge in [-0.15, -0.1) is 6.42 Å². The number of nitrogens with zero attached hydrogens (tertiary/aromatic N) is 5. The summed E-state index contributed by atoms with van der Waals surface area (Å²) in [6.07, 6.45) is 8.76. The van der Waals surface area contributed by atoms with E-state index in [0.29, 0.717) is 47.9 Å². The molecule has 46 heavy (non-hydrogen) atoms. The average molecular weight is 628 g/mol. The van der Waals surface area contributed by atoms with Crippen LogP contribution >= 0.6 is 0 Å². The summed E-state index contributed by atoms with van der Waals surface area (Å²) in [7, 11) is 0. The Hall–Kier alpha value is -3.97. The minimum absolute atomic E-state index is 0.0132. The van der Waals surface area contributed by atoms with Crippen LogP contribution in [0.2, 0.25) is 0 Å². The second kappa shape index (κ2) is 10.3. The van der Waals surface area contributed by atoms with Gasteiger partial charge in [0.1, 0.15) is 41.8 Å². The van der Waals surface area contributed by atoms with Crippen LogP contribution in [0.3, 0.4) is 0 Å². The van der Waals surface area contributed by atoms with E-state index in [1.807, 2.05) is 0 Å². The van der Waals surface area contributed by atoms with E-state index in [0.717, 1.165) is 38.6 Å². The van der Waals surface area contributed by atoms with Crippen LogP contribution in [0.25, 0.3) is 32.9 Å². The van der Waals surface area contributed by atoms with E-state index in [1.54, 1.807) is 24.3 Å². The van der Waals surface area contributed by atoms with Crippen LogP contribution in [0.1, 0.15) is 62.4 Å². The molecule has 2 aromatic carbocycles. The Balaban J connectivity index is 1.26. The molecule has 1 aliphatic carbocycles. The quantitative estimate of drug-likeness (QED) is 0.178. The Kier molecular flexibility index (Phi) is 6.31. The summed E-state index contributed by atoms with van der Waals surface area (Å²) < 4.78 is 69.3. The van der Waals surface area contributed by atoms with Crippen LogP contribution in [-0.2, 0) is 0 Å². The molecular weight excluding hydrogens is 594 g/mol. The van der Waals surface area contributed by atoms with Crippen LogP contribution in [0.4, 0.5) is 23.4 Å². The molecule has 3 saturated heterocycles. The average Bonchev–Trinajstić information content (AvgIpc) is 3.70. The highest BCUT2D eigenvalue weighted by molar-refractivity contribution is 6.03. The first-order valence-electron chi connectivity index (χ1n) is 16.4. The molecule has 9 rings (SSSR count). The number of rotatable bonds is 4. The summed E-state index contributed by atoms with van der Waals surface area (Å²) in [5, 5.41) is 1.19. The minimum Gasteiger partial charge on any atom is -0.461 e. The first-order chi connectivity index (χ1) is 22.3. The normalized spacial score (nSPS) is 30.0. The lowest BCUT2D eigenvalue weighted by Crippen LogP contribution is -2.46. The Bertz CT molecular complexity index is 1960. The summed E-state index contributed by atoms with van der Waals surface area (Å²) in [4.78, 5) is 18.4. The third-order valence-electron chi connectivity index (χ3n) is 11.4. The number of terminal acetylenes is 1. The van der Waals surface area contributed by atoms with Gasteiger partial charge in [0.25, 0.3) is 0 Å². The molecule has 4 aliphatic heterocycles. The topological polar surface area (TPSA) is 54.4 Å². The predicted molar refractivity (Wildman–Crippen MR) is 167 cm³/mol. The van der Waals surface area contributed by atoms with E-state index in [4.69, 9.17) is 16.1 Å². The van der Waals surface area contributed by atoms with E-state index in [2.05, 4.69) is 25.7 Å². The van der Waals surface area contributed by atoms with Gasteiger partial charge in [0.15, 0.2) is 5.82 Å². The van der Waals surface area contributed by atoms with Crippen molar-refractivity contribution in [3.05, 3.63) is 53.2 Å². The highest BCUT2D eigenvalue weighted by Crippen LogP contribution is 2.51. The van der Waals surface area contributed by atoms with E-state index in [1.165, 1.54) is 6.07 Å². The van der Waals surface area contributed by atoms with E-state index < -0.39 is 29.5 Å². The standard InChI is InChI=1S/C36H33F4N5O/c1-2-23-25(38)10-9-20-5-3-6-24(28(20)23)31-30(40)33-29-32(41-31)26(39)14-27-21-8-7-19(13-21)16-45(27)34(29)43-35(42-33)46-18-36-11-4-12-44(36)17-22(37)15-36/h1,3,5-6,9-10,19,21-22,26-27H,4,7-8,11-18H2/t19-,21+,22+,26+,27+,36-/m0/s1. The number of piperidine rings is 1. The lowest BCUT2D eigenvalue weighted by atomic mass is 9.87. The molecule has 6 atom stereocenters. The summed E-state index contributed by atoms with van der Waals surface area (Å²) >= 11 is 0. The molecule has 6 nitrogen and oxygen atoms in total. The lowest BCUT2D eigenvalue weighted by molar-refractivity contribution is 0.107. The van der Waals surface area contributed by atoms with Crippen molar-refractivity contribution in [2.24, 2.45) is 11.8 Å². The molecular formula is C36H33F4N5O. The van der Waals surface area contributed by atoms with Crippen LogP contribution < -0.4 is 9.64 Å². The van der Waals surface area contributed by atoms with Gasteiger partial charge >= 0.3 is 6.01 Å². The van der Waals surface area contributed by atoms with Gasteiger partial charge in [-0.1, -0.05) is 30.2 Å².